The molecule has 1 amide bonds. The Hall–Kier alpha value is -1.30. The molecule has 0 radical (unpaired) electrons. The Morgan fingerprint density at radius 3 is 2.78 bits per heavy atom. The zero-order valence-electron chi connectivity index (χ0n) is 9.79. The number of thioether (sulfide) groups is 1. The third kappa shape index (κ3) is 2.75. The fourth-order valence-electron chi connectivity index (χ4n) is 1.85. The lowest BCUT2D eigenvalue weighted by Crippen LogP contribution is -2.33. The first kappa shape index (κ1) is 13.1. The summed E-state index contributed by atoms with van der Waals surface area (Å²) in [5.41, 5.74) is 5.01. The SMILES string of the molecule is Nc1cc(C(=O)N2CCCSCC2)c(F)cc1F. The quantitative estimate of drug-likeness (QED) is 0.797. The number of carbonyl (C=O) groups excluding carboxylic acids is 1. The van der Waals surface area contributed by atoms with Crippen molar-refractivity contribution in [2.24, 2.45) is 0 Å². The van der Waals surface area contributed by atoms with Crippen LogP contribution in [0.3, 0.4) is 0 Å². The van der Waals surface area contributed by atoms with Crippen LogP contribution in [0.2, 0.25) is 0 Å². The third-order valence-corrected chi connectivity index (χ3v) is 3.87. The lowest BCUT2D eigenvalue weighted by Gasteiger charge is -2.20. The lowest BCUT2D eigenvalue weighted by molar-refractivity contribution is 0.0764. The standard InChI is InChI=1S/C12H14F2N2OS/c13-9-7-10(14)11(15)6-8(9)12(17)16-2-1-4-18-5-3-16/h6-7H,1-5,15H2. The molecule has 0 aromatic heterocycles. The fraction of sp³-hybridized carbons (Fsp3) is 0.417. The molecule has 1 heterocycles. The van der Waals surface area contributed by atoms with Crippen LogP contribution in [-0.2, 0) is 0 Å². The van der Waals surface area contributed by atoms with Crippen molar-refractivity contribution in [2.75, 3.05) is 30.3 Å². The van der Waals surface area contributed by atoms with Crippen LogP contribution in [0.15, 0.2) is 12.1 Å². The van der Waals surface area contributed by atoms with E-state index in [1.54, 1.807) is 16.7 Å². The Labute approximate surface area is 108 Å². The number of carbonyl (C=O) groups is 1. The summed E-state index contributed by atoms with van der Waals surface area (Å²) in [4.78, 5) is 13.7. The molecule has 18 heavy (non-hydrogen) atoms. The summed E-state index contributed by atoms with van der Waals surface area (Å²) in [6.07, 6.45) is 0.884. The van der Waals surface area contributed by atoms with Gasteiger partial charge in [0.25, 0.3) is 5.91 Å². The summed E-state index contributed by atoms with van der Waals surface area (Å²) < 4.78 is 26.6. The van der Waals surface area contributed by atoms with Gasteiger partial charge >= 0.3 is 0 Å². The summed E-state index contributed by atoms with van der Waals surface area (Å²) in [6, 6.07) is 1.74. The first-order valence-corrected chi connectivity index (χ1v) is 6.86. The second-order valence-corrected chi connectivity index (χ2v) is 5.34. The summed E-state index contributed by atoms with van der Waals surface area (Å²) in [7, 11) is 0. The van der Waals surface area contributed by atoms with Gasteiger partial charge in [-0.25, -0.2) is 8.78 Å². The second kappa shape index (κ2) is 5.56. The Balaban J connectivity index is 2.24. The number of nitrogens with zero attached hydrogens (tertiary/aromatic N) is 1. The Morgan fingerprint density at radius 1 is 1.22 bits per heavy atom. The van der Waals surface area contributed by atoms with Gasteiger partial charge in [0.15, 0.2) is 0 Å². The zero-order chi connectivity index (χ0) is 13.1. The number of hydrogen-bond acceptors (Lipinski definition) is 3. The minimum Gasteiger partial charge on any atom is -0.396 e. The lowest BCUT2D eigenvalue weighted by atomic mass is 10.1. The maximum atomic E-state index is 13.6. The molecule has 2 rings (SSSR count). The van der Waals surface area contributed by atoms with E-state index in [4.69, 9.17) is 5.73 Å². The van der Waals surface area contributed by atoms with Crippen molar-refractivity contribution in [3.05, 3.63) is 29.3 Å². The van der Waals surface area contributed by atoms with Crippen molar-refractivity contribution in [1.29, 1.82) is 0 Å². The van der Waals surface area contributed by atoms with Crippen molar-refractivity contribution >= 4 is 23.4 Å². The highest BCUT2D eigenvalue weighted by Gasteiger charge is 2.21. The van der Waals surface area contributed by atoms with E-state index >= 15 is 0 Å². The summed E-state index contributed by atoms with van der Waals surface area (Å²) in [5.74, 6) is -0.275. The van der Waals surface area contributed by atoms with Crippen LogP contribution >= 0.6 is 11.8 Å². The summed E-state index contributed by atoms with van der Waals surface area (Å²) >= 11 is 1.77. The molecule has 0 unspecified atom stereocenters. The number of amides is 1. The number of benzene rings is 1. The van der Waals surface area contributed by atoms with Crippen molar-refractivity contribution in [3.8, 4) is 0 Å². The molecule has 3 nitrogen and oxygen atoms in total. The number of nitrogens with two attached hydrogens (primary N) is 1. The summed E-state index contributed by atoms with van der Waals surface area (Å²) in [5, 5.41) is 0. The minimum absolute atomic E-state index is 0.152. The first-order chi connectivity index (χ1) is 8.59. The molecule has 0 aliphatic carbocycles. The van der Waals surface area contributed by atoms with Crippen molar-refractivity contribution < 1.29 is 13.6 Å². The smallest absolute Gasteiger partial charge is 0.256 e. The van der Waals surface area contributed by atoms with Gasteiger partial charge in [0, 0.05) is 24.9 Å². The van der Waals surface area contributed by atoms with E-state index in [0.29, 0.717) is 19.2 Å². The van der Waals surface area contributed by atoms with Crippen LogP contribution in [0, 0.1) is 11.6 Å². The molecule has 0 bridgehead atoms. The highest BCUT2D eigenvalue weighted by atomic mass is 32.2. The van der Waals surface area contributed by atoms with E-state index in [9.17, 15) is 13.6 Å². The van der Waals surface area contributed by atoms with Crippen LogP contribution < -0.4 is 5.73 Å². The molecule has 0 atom stereocenters. The minimum atomic E-state index is -0.858. The van der Waals surface area contributed by atoms with E-state index in [1.807, 2.05) is 0 Å². The van der Waals surface area contributed by atoms with E-state index in [2.05, 4.69) is 0 Å². The van der Waals surface area contributed by atoms with E-state index in [1.165, 1.54) is 0 Å². The Morgan fingerprint density at radius 2 is 2.00 bits per heavy atom. The number of anilines is 1. The topological polar surface area (TPSA) is 46.3 Å². The molecule has 0 spiro atoms. The molecule has 1 aromatic rings. The largest absolute Gasteiger partial charge is 0.396 e. The average molecular weight is 272 g/mol. The van der Waals surface area contributed by atoms with Gasteiger partial charge < -0.3 is 10.6 Å². The van der Waals surface area contributed by atoms with Crippen molar-refractivity contribution in [2.45, 2.75) is 6.42 Å². The molecule has 1 aliphatic rings. The van der Waals surface area contributed by atoms with Gasteiger partial charge in [-0.3, -0.25) is 4.79 Å². The van der Waals surface area contributed by atoms with Gasteiger partial charge in [-0.15, -0.1) is 0 Å². The average Bonchev–Trinajstić information content (AvgIpc) is 2.61. The van der Waals surface area contributed by atoms with Crippen LogP contribution in [0.25, 0.3) is 0 Å². The van der Waals surface area contributed by atoms with Gasteiger partial charge in [0.1, 0.15) is 11.6 Å². The van der Waals surface area contributed by atoms with Gasteiger partial charge in [0.05, 0.1) is 11.3 Å². The Kier molecular flexibility index (Phi) is 4.06. The summed E-state index contributed by atoms with van der Waals surface area (Å²) in [6.45, 7) is 1.18. The molecule has 98 valence electrons. The van der Waals surface area contributed by atoms with Crippen molar-refractivity contribution in [1.82, 2.24) is 4.90 Å². The van der Waals surface area contributed by atoms with E-state index in [0.717, 1.165) is 24.0 Å². The molecule has 1 aliphatic heterocycles. The monoisotopic (exact) mass is 272 g/mol. The molecule has 1 saturated heterocycles. The van der Waals surface area contributed by atoms with Crippen LogP contribution in [0.4, 0.5) is 14.5 Å². The number of rotatable bonds is 1. The van der Waals surface area contributed by atoms with E-state index in [-0.39, 0.29) is 11.3 Å². The molecule has 2 N–H and O–H groups in total. The molecule has 1 fully saturated rings. The molecule has 6 heteroatoms. The third-order valence-electron chi connectivity index (χ3n) is 2.83. The maximum Gasteiger partial charge on any atom is 0.256 e. The van der Waals surface area contributed by atoms with Gasteiger partial charge in [-0.2, -0.15) is 11.8 Å². The molecular weight excluding hydrogens is 258 g/mol. The predicted octanol–water partition coefficient (Wildman–Crippen LogP) is 2.13. The normalized spacial score (nSPS) is 16.4. The highest BCUT2D eigenvalue weighted by Crippen LogP contribution is 2.20. The first-order valence-electron chi connectivity index (χ1n) is 5.71. The molecule has 0 saturated carbocycles. The highest BCUT2D eigenvalue weighted by molar-refractivity contribution is 7.99. The predicted molar refractivity (Wildman–Crippen MR) is 68.6 cm³/mol. The number of halogens is 2. The van der Waals surface area contributed by atoms with Crippen LogP contribution in [-0.4, -0.2) is 35.4 Å². The number of hydrogen-bond donors (Lipinski definition) is 1. The van der Waals surface area contributed by atoms with Gasteiger partial charge in [0.2, 0.25) is 0 Å². The molecular formula is C12H14F2N2OS. The van der Waals surface area contributed by atoms with Gasteiger partial charge in [-0.05, 0) is 18.2 Å². The molecule has 1 aromatic carbocycles. The van der Waals surface area contributed by atoms with Crippen LogP contribution in [0.5, 0.6) is 0 Å². The second-order valence-electron chi connectivity index (χ2n) is 4.11. The van der Waals surface area contributed by atoms with Crippen LogP contribution in [0.1, 0.15) is 16.8 Å². The van der Waals surface area contributed by atoms with Gasteiger partial charge in [-0.1, -0.05) is 0 Å². The van der Waals surface area contributed by atoms with E-state index < -0.39 is 17.5 Å². The zero-order valence-corrected chi connectivity index (χ0v) is 10.6. The number of nitrogen functional groups attached to an aromatic ring is 1. The Bertz CT molecular complexity index is 460. The van der Waals surface area contributed by atoms with Crippen molar-refractivity contribution in [3.63, 3.8) is 0 Å². The maximum absolute atomic E-state index is 13.6. The fourth-order valence-corrected chi connectivity index (χ4v) is 2.74.